The lowest BCUT2D eigenvalue weighted by Gasteiger charge is -2.30. The highest BCUT2D eigenvalue weighted by Crippen LogP contribution is 2.26. The summed E-state index contributed by atoms with van der Waals surface area (Å²) in [5, 5.41) is 11.7. The molecule has 1 saturated heterocycles. The maximum atomic E-state index is 12.0. The molecule has 3 rings (SSSR count). The van der Waals surface area contributed by atoms with E-state index in [1.54, 1.807) is 12.1 Å². The molecule has 1 aliphatic heterocycles. The van der Waals surface area contributed by atoms with Crippen molar-refractivity contribution in [2.75, 3.05) is 24.7 Å². The van der Waals surface area contributed by atoms with Gasteiger partial charge in [-0.25, -0.2) is 8.42 Å². The van der Waals surface area contributed by atoms with E-state index < -0.39 is 15.9 Å². The second kappa shape index (κ2) is 9.88. The summed E-state index contributed by atoms with van der Waals surface area (Å²) in [6.45, 7) is 4.82. The van der Waals surface area contributed by atoms with Crippen molar-refractivity contribution in [1.29, 1.82) is 0 Å². The molecule has 8 heteroatoms. The number of aliphatic hydroxyl groups is 1. The van der Waals surface area contributed by atoms with Crippen molar-refractivity contribution in [2.24, 2.45) is 0 Å². The normalized spacial score (nSPS) is 19.2. The molecule has 0 bridgehead atoms. The van der Waals surface area contributed by atoms with E-state index in [2.05, 4.69) is 0 Å². The minimum Gasteiger partial charge on any atom is -0.491 e. The van der Waals surface area contributed by atoms with Crippen molar-refractivity contribution in [3.63, 3.8) is 0 Å². The number of sulfone groups is 1. The molecule has 2 aromatic carbocycles. The molecular formula is C22H27Cl2NO4S. The van der Waals surface area contributed by atoms with Crippen LogP contribution in [0.1, 0.15) is 23.1 Å². The van der Waals surface area contributed by atoms with E-state index in [9.17, 15) is 13.5 Å². The standard InChI is InChI=1S/C22H27Cl2NO4S/c1-15-4-3-5-22(16(15)2)29-13-20(26)12-25(19-8-9-30(27,28)14-19)11-17-6-7-18(23)10-21(17)24/h3-7,10,19-20,26H,8-9,11-14H2,1-2H3. The van der Waals surface area contributed by atoms with Crippen LogP contribution in [0.3, 0.4) is 0 Å². The first-order valence-electron chi connectivity index (χ1n) is 9.90. The van der Waals surface area contributed by atoms with Crippen LogP contribution in [0.15, 0.2) is 36.4 Å². The monoisotopic (exact) mass is 471 g/mol. The fourth-order valence-corrected chi connectivity index (χ4v) is 5.89. The lowest BCUT2D eigenvalue weighted by Crippen LogP contribution is -2.42. The summed E-state index contributed by atoms with van der Waals surface area (Å²) >= 11 is 12.3. The number of benzene rings is 2. The van der Waals surface area contributed by atoms with Crippen molar-refractivity contribution in [2.45, 2.75) is 39.0 Å². The van der Waals surface area contributed by atoms with Gasteiger partial charge in [0.05, 0.1) is 11.5 Å². The maximum Gasteiger partial charge on any atom is 0.151 e. The molecule has 0 amide bonds. The van der Waals surface area contributed by atoms with Gasteiger partial charge in [0.1, 0.15) is 18.5 Å². The average molecular weight is 472 g/mol. The fourth-order valence-electron chi connectivity index (χ4n) is 3.66. The zero-order valence-corrected chi connectivity index (χ0v) is 19.5. The van der Waals surface area contributed by atoms with Crippen molar-refractivity contribution >= 4 is 33.0 Å². The van der Waals surface area contributed by atoms with Gasteiger partial charge in [-0.15, -0.1) is 0 Å². The Morgan fingerprint density at radius 2 is 2.00 bits per heavy atom. The first-order chi connectivity index (χ1) is 14.1. The molecule has 0 aliphatic carbocycles. The van der Waals surface area contributed by atoms with Crippen LogP contribution in [-0.2, 0) is 16.4 Å². The van der Waals surface area contributed by atoms with E-state index in [-0.39, 0.29) is 30.7 Å². The van der Waals surface area contributed by atoms with Crippen molar-refractivity contribution in [3.05, 3.63) is 63.1 Å². The number of hydrogen-bond donors (Lipinski definition) is 1. The summed E-state index contributed by atoms with van der Waals surface area (Å²) in [6.07, 6.45) is -0.239. The number of halogens is 2. The van der Waals surface area contributed by atoms with Gasteiger partial charge in [-0.1, -0.05) is 41.4 Å². The van der Waals surface area contributed by atoms with Crippen molar-refractivity contribution in [1.82, 2.24) is 4.90 Å². The minimum atomic E-state index is -3.06. The highest BCUT2D eigenvalue weighted by atomic mass is 35.5. The highest BCUT2D eigenvalue weighted by molar-refractivity contribution is 7.91. The summed E-state index contributed by atoms with van der Waals surface area (Å²) in [7, 11) is -3.06. The van der Waals surface area contributed by atoms with Gasteiger partial charge in [-0.05, 0) is 55.2 Å². The summed E-state index contributed by atoms with van der Waals surface area (Å²) in [4.78, 5) is 1.98. The summed E-state index contributed by atoms with van der Waals surface area (Å²) in [5.41, 5.74) is 3.00. The molecule has 1 fully saturated rings. The van der Waals surface area contributed by atoms with Gasteiger partial charge in [-0.2, -0.15) is 0 Å². The average Bonchev–Trinajstić information content (AvgIpc) is 3.04. The van der Waals surface area contributed by atoms with Gasteiger partial charge in [0.2, 0.25) is 0 Å². The van der Waals surface area contributed by atoms with E-state index in [1.807, 2.05) is 43.0 Å². The van der Waals surface area contributed by atoms with E-state index in [0.717, 1.165) is 22.4 Å². The maximum absolute atomic E-state index is 12.0. The topological polar surface area (TPSA) is 66.8 Å². The Balaban J connectivity index is 1.70. The van der Waals surface area contributed by atoms with Crippen LogP contribution < -0.4 is 4.74 Å². The minimum absolute atomic E-state index is 0.0861. The molecule has 0 aromatic heterocycles. The number of ether oxygens (including phenoxy) is 1. The molecule has 164 valence electrons. The van der Waals surface area contributed by atoms with E-state index in [1.165, 1.54) is 0 Å². The molecule has 0 radical (unpaired) electrons. The van der Waals surface area contributed by atoms with Crippen LogP contribution in [0.5, 0.6) is 5.75 Å². The molecule has 5 nitrogen and oxygen atoms in total. The smallest absolute Gasteiger partial charge is 0.151 e. The van der Waals surface area contributed by atoms with Crippen LogP contribution >= 0.6 is 23.2 Å². The number of nitrogens with zero attached hydrogens (tertiary/aromatic N) is 1. The molecule has 0 spiro atoms. The molecule has 2 aromatic rings. The third-order valence-corrected chi connectivity index (χ3v) is 7.88. The summed E-state index contributed by atoms with van der Waals surface area (Å²) < 4.78 is 29.9. The summed E-state index contributed by atoms with van der Waals surface area (Å²) in [6, 6.07) is 10.9. The Kier molecular flexibility index (Phi) is 7.69. The summed E-state index contributed by atoms with van der Waals surface area (Å²) in [5.74, 6) is 0.991. The Labute approximate surface area is 188 Å². The van der Waals surface area contributed by atoms with Crippen LogP contribution in [0, 0.1) is 13.8 Å². The van der Waals surface area contributed by atoms with Gasteiger partial charge < -0.3 is 9.84 Å². The first-order valence-corrected chi connectivity index (χ1v) is 12.5. The van der Waals surface area contributed by atoms with Gasteiger partial charge in [-0.3, -0.25) is 4.90 Å². The quantitative estimate of drug-likeness (QED) is 0.628. The zero-order chi connectivity index (χ0) is 21.9. The Morgan fingerprint density at radius 1 is 1.23 bits per heavy atom. The van der Waals surface area contributed by atoms with E-state index in [0.29, 0.717) is 23.0 Å². The van der Waals surface area contributed by atoms with Gasteiger partial charge in [0.25, 0.3) is 0 Å². The lowest BCUT2D eigenvalue weighted by molar-refractivity contribution is 0.0523. The zero-order valence-electron chi connectivity index (χ0n) is 17.1. The van der Waals surface area contributed by atoms with Gasteiger partial charge >= 0.3 is 0 Å². The van der Waals surface area contributed by atoms with Gasteiger partial charge in [0.15, 0.2) is 9.84 Å². The molecular weight excluding hydrogens is 445 g/mol. The largest absolute Gasteiger partial charge is 0.491 e. The fraction of sp³-hybridized carbons (Fsp3) is 0.455. The van der Waals surface area contributed by atoms with E-state index in [4.69, 9.17) is 27.9 Å². The molecule has 2 atom stereocenters. The molecule has 30 heavy (non-hydrogen) atoms. The van der Waals surface area contributed by atoms with Crippen LogP contribution in [-0.4, -0.2) is 55.2 Å². The Bertz CT molecular complexity index is 997. The predicted molar refractivity (Wildman–Crippen MR) is 121 cm³/mol. The molecule has 1 heterocycles. The molecule has 2 unspecified atom stereocenters. The highest BCUT2D eigenvalue weighted by Gasteiger charge is 2.33. The molecule has 1 aliphatic rings. The number of rotatable bonds is 8. The van der Waals surface area contributed by atoms with Gasteiger partial charge in [0, 0.05) is 29.2 Å². The number of aliphatic hydroxyl groups excluding tert-OH is 1. The third kappa shape index (κ3) is 6.11. The SMILES string of the molecule is Cc1cccc(OCC(O)CN(Cc2ccc(Cl)cc2Cl)C2CCS(=O)(=O)C2)c1C. The Hall–Kier alpha value is -1.31. The second-order valence-corrected chi connectivity index (χ2v) is 11.0. The lowest BCUT2D eigenvalue weighted by atomic mass is 10.1. The van der Waals surface area contributed by atoms with Crippen molar-refractivity contribution in [3.8, 4) is 5.75 Å². The number of aryl methyl sites for hydroxylation is 1. The second-order valence-electron chi connectivity index (χ2n) is 7.88. The van der Waals surface area contributed by atoms with Crippen LogP contribution in [0.2, 0.25) is 10.0 Å². The predicted octanol–water partition coefficient (Wildman–Crippen LogP) is 4.04. The van der Waals surface area contributed by atoms with Crippen LogP contribution in [0.4, 0.5) is 0 Å². The molecule has 1 N–H and O–H groups in total. The van der Waals surface area contributed by atoms with E-state index >= 15 is 0 Å². The third-order valence-electron chi connectivity index (χ3n) is 5.54. The van der Waals surface area contributed by atoms with Crippen molar-refractivity contribution < 1.29 is 18.3 Å². The molecule has 0 saturated carbocycles. The first kappa shape index (κ1) is 23.4. The van der Waals surface area contributed by atoms with Crippen LogP contribution in [0.25, 0.3) is 0 Å². The Morgan fingerprint density at radius 3 is 2.67 bits per heavy atom. The number of hydrogen-bond acceptors (Lipinski definition) is 5.